The van der Waals surface area contributed by atoms with E-state index in [4.69, 9.17) is 9.47 Å². The van der Waals surface area contributed by atoms with Crippen molar-refractivity contribution in [1.29, 1.82) is 0 Å². The number of allylic oxidation sites excluding steroid dienone is 3. The largest absolute Gasteiger partial charge is 0.504 e. The van der Waals surface area contributed by atoms with Gasteiger partial charge in [0.2, 0.25) is 17.3 Å². The number of fused-ring (bicyclic) bond motifs is 1. The zero-order chi connectivity index (χ0) is 20.9. The minimum Gasteiger partial charge on any atom is -0.504 e. The molecule has 2 unspecified atom stereocenters. The van der Waals surface area contributed by atoms with Gasteiger partial charge in [-0.25, -0.2) is 0 Å². The number of hydrogen-bond acceptors (Lipinski definition) is 8. The lowest BCUT2D eigenvalue weighted by Crippen LogP contribution is -2.53. The smallest absolute Gasteiger partial charge is 0.232 e. The maximum atomic E-state index is 13.5. The molecule has 1 fully saturated rings. The number of carbonyl (C=O) groups is 2. The molecule has 148 valence electrons. The predicted octanol–water partition coefficient (Wildman–Crippen LogP) is 2.22. The van der Waals surface area contributed by atoms with Crippen molar-refractivity contribution in [3.63, 3.8) is 0 Å². The highest BCUT2D eigenvalue weighted by atomic mass is 16.5. The molecule has 28 heavy (non-hydrogen) atoms. The van der Waals surface area contributed by atoms with E-state index in [0.29, 0.717) is 0 Å². The average molecular weight is 388 g/mol. The number of phenols is 2. The maximum Gasteiger partial charge on any atom is 0.232 e. The molecule has 1 aromatic carbocycles. The highest BCUT2D eigenvalue weighted by Crippen LogP contribution is 2.61. The van der Waals surface area contributed by atoms with Gasteiger partial charge in [0.05, 0.1) is 18.2 Å². The highest BCUT2D eigenvalue weighted by molar-refractivity contribution is 6.25. The van der Waals surface area contributed by atoms with Crippen LogP contribution in [0.2, 0.25) is 0 Å². The molecule has 0 radical (unpaired) electrons. The maximum absolute atomic E-state index is 13.5. The number of benzene rings is 1. The van der Waals surface area contributed by atoms with Gasteiger partial charge in [-0.3, -0.25) is 9.59 Å². The number of rotatable bonds is 1. The van der Waals surface area contributed by atoms with Gasteiger partial charge in [0.25, 0.3) is 0 Å². The molecule has 1 saturated heterocycles. The number of ketones is 2. The number of methoxy groups -OCH3 is 1. The third-order valence-electron chi connectivity index (χ3n) is 6.39. The molecule has 2 aliphatic carbocycles. The van der Waals surface area contributed by atoms with Gasteiger partial charge in [-0.15, -0.1) is 0 Å². The van der Waals surface area contributed by atoms with Crippen molar-refractivity contribution in [2.75, 3.05) is 7.11 Å². The van der Waals surface area contributed by atoms with E-state index in [-0.39, 0.29) is 33.6 Å². The van der Waals surface area contributed by atoms with Crippen LogP contribution in [0.5, 0.6) is 17.2 Å². The van der Waals surface area contributed by atoms with E-state index in [2.05, 4.69) is 0 Å². The fourth-order valence-corrected chi connectivity index (χ4v) is 4.28. The monoisotopic (exact) mass is 388 g/mol. The first-order valence-electron chi connectivity index (χ1n) is 8.72. The van der Waals surface area contributed by atoms with Crippen molar-refractivity contribution in [3.8, 4) is 17.2 Å². The molecule has 1 heterocycles. The zero-order valence-corrected chi connectivity index (χ0v) is 16.0. The fraction of sp³-hybridized carbons (Fsp3) is 0.400. The first-order valence-corrected chi connectivity index (χ1v) is 8.72. The Morgan fingerprint density at radius 2 is 1.61 bits per heavy atom. The van der Waals surface area contributed by atoms with Crippen molar-refractivity contribution in [2.45, 2.75) is 39.4 Å². The molecule has 2 atom stereocenters. The van der Waals surface area contributed by atoms with Crippen LogP contribution in [0.4, 0.5) is 0 Å². The lowest BCUT2D eigenvalue weighted by Gasteiger charge is -2.39. The molecule has 1 aliphatic heterocycles. The highest BCUT2D eigenvalue weighted by Gasteiger charge is 2.66. The summed E-state index contributed by atoms with van der Waals surface area (Å²) in [6, 6.07) is 0. The second-order valence-electron chi connectivity index (χ2n) is 7.88. The molecule has 1 aromatic rings. The number of hydrogen-bond donors (Lipinski definition) is 4. The van der Waals surface area contributed by atoms with E-state index in [1.165, 1.54) is 6.92 Å². The van der Waals surface area contributed by atoms with E-state index >= 15 is 0 Å². The van der Waals surface area contributed by atoms with Crippen molar-refractivity contribution in [3.05, 3.63) is 33.8 Å². The van der Waals surface area contributed by atoms with Crippen LogP contribution in [0, 0.1) is 5.41 Å². The van der Waals surface area contributed by atoms with E-state index in [0.717, 1.165) is 7.11 Å². The summed E-state index contributed by atoms with van der Waals surface area (Å²) in [5.41, 5.74) is -3.86. The first-order chi connectivity index (χ1) is 12.9. The second kappa shape index (κ2) is 5.08. The van der Waals surface area contributed by atoms with Gasteiger partial charge in [0.15, 0.2) is 22.9 Å². The van der Waals surface area contributed by atoms with Gasteiger partial charge >= 0.3 is 0 Å². The summed E-state index contributed by atoms with van der Waals surface area (Å²) >= 11 is 0. The molecule has 4 N–H and O–H groups in total. The van der Waals surface area contributed by atoms with Crippen molar-refractivity contribution in [2.24, 2.45) is 5.41 Å². The standard InChI is InChI=1S/C20H20O8/c1-6-8-9-10(13(22)12(6)21)14(23)16(27-5)15(24)11(9)17(25)20(26)18(8)28-7(2)19(20,3)4/h7,21,23-24,26H,1-5H3. The lowest BCUT2D eigenvalue weighted by molar-refractivity contribution is -0.00672. The number of ether oxygens (including phenoxy) is 2. The molecule has 0 spiro atoms. The van der Waals surface area contributed by atoms with Gasteiger partial charge in [0.1, 0.15) is 11.9 Å². The Labute approximate surface area is 160 Å². The minimum absolute atomic E-state index is 0.0774. The summed E-state index contributed by atoms with van der Waals surface area (Å²) in [5.74, 6) is -4.42. The number of carbonyl (C=O) groups excluding carboxylic acids is 2. The molecule has 0 amide bonds. The molecule has 0 saturated carbocycles. The first kappa shape index (κ1) is 18.4. The van der Waals surface area contributed by atoms with Crippen LogP contribution >= 0.6 is 0 Å². The second-order valence-corrected chi connectivity index (χ2v) is 7.88. The van der Waals surface area contributed by atoms with E-state index < -0.39 is 51.7 Å². The number of Topliss-reactive ketones (excluding diaryl/α,β-unsaturated/α-hetero) is 2. The van der Waals surface area contributed by atoms with Gasteiger partial charge in [-0.1, -0.05) is 13.8 Å². The normalized spacial score (nSPS) is 27.6. The van der Waals surface area contributed by atoms with Crippen molar-refractivity contribution >= 4 is 17.1 Å². The lowest BCUT2D eigenvalue weighted by atomic mass is 9.63. The van der Waals surface area contributed by atoms with Crippen molar-refractivity contribution in [1.82, 2.24) is 0 Å². The van der Waals surface area contributed by atoms with Crippen LogP contribution in [-0.2, 0) is 4.74 Å². The number of phenolic OH excluding ortho intramolecular Hbond substituents is 2. The Bertz CT molecular complexity index is 1060. The van der Waals surface area contributed by atoms with Crippen LogP contribution in [0.1, 0.15) is 54.0 Å². The van der Waals surface area contributed by atoms with Gasteiger partial charge < -0.3 is 29.9 Å². The summed E-state index contributed by atoms with van der Waals surface area (Å²) in [7, 11) is 1.15. The SMILES string of the molecule is COc1c(O)c2c3c(c1O)C(=O)C1(O)C(=C3C(C)=C(O)C2=O)OC(C)C1(C)C. The van der Waals surface area contributed by atoms with Crippen molar-refractivity contribution < 1.29 is 39.5 Å². The van der Waals surface area contributed by atoms with Crippen LogP contribution in [0.25, 0.3) is 5.57 Å². The summed E-state index contributed by atoms with van der Waals surface area (Å²) < 4.78 is 10.8. The number of aliphatic hydroxyl groups excluding tert-OH is 1. The van der Waals surface area contributed by atoms with Gasteiger partial charge in [0, 0.05) is 22.1 Å². The molecule has 8 nitrogen and oxygen atoms in total. The van der Waals surface area contributed by atoms with Gasteiger partial charge in [-0.2, -0.15) is 0 Å². The zero-order valence-electron chi connectivity index (χ0n) is 16.0. The molecular weight excluding hydrogens is 368 g/mol. The molecule has 3 aliphatic rings. The number of aromatic hydroxyl groups is 2. The average Bonchev–Trinajstić information content (AvgIpc) is 2.81. The topological polar surface area (TPSA) is 134 Å². The molecule has 4 rings (SSSR count). The summed E-state index contributed by atoms with van der Waals surface area (Å²) in [5, 5.41) is 43.1. The van der Waals surface area contributed by atoms with Crippen LogP contribution in [-0.4, -0.2) is 50.8 Å². The Balaban J connectivity index is 2.28. The van der Waals surface area contributed by atoms with Crippen LogP contribution in [0.15, 0.2) is 17.1 Å². The van der Waals surface area contributed by atoms with E-state index in [1.807, 2.05) is 0 Å². The summed E-state index contributed by atoms with van der Waals surface area (Å²) in [4.78, 5) is 26.2. The van der Waals surface area contributed by atoms with Crippen LogP contribution < -0.4 is 4.74 Å². The third-order valence-corrected chi connectivity index (χ3v) is 6.39. The third kappa shape index (κ3) is 1.66. The van der Waals surface area contributed by atoms with Gasteiger partial charge in [-0.05, 0) is 13.8 Å². The Morgan fingerprint density at radius 1 is 1.04 bits per heavy atom. The van der Waals surface area contributed by atoms with E-state index in [1.54, 1.807) is 20.8 Å². The number of aliphatic hydroxyl groups is 2. The predicted molar refractivity (Wildman–Crippen MR) is 96.5 cm³/mol. The summed E-state index contributed by atoms with van der Waals surface area (Å²) in [6.07, 6.45) is -0.591. The van der Waals surface area contributed by atoms with Crippen LogP contribution in [0.3, 0.4) is 0 Å². The minimum atomic E-state index is -2.15. The molecule has 0 aromatic heterocycles. The quantitative estimate of drug-likeness (QED) is 0.575. The molecule has 0 bridgehead atoms. The molecular formula is C20H20O8. The summed E-state index contributed by atoms with van der Waals surface area (Å²) in [6.45, 7) is 6.43. The Kier molecular flexibility index (Phi) is 3.33. The fourth-order valence-electron chi connectivity index (χ4n) is 4.28. The molecule has 8 heteroatoms. The Hall–Kier alpha value is -3.00. The van der Waals surface area contributed by atoms with E-state index in [9.17, 15) is 30.0 Å². The Morgan fingerprint density at radius 3 is 2.18 bits per heavy atom.